The minimum Gasteiger partial charge on any atom is -0.497 e. The van der Waals surface area contributed by atoms with Crippen molar-refractivity contribution in [3.63, 3.8) is 0 Å². The zero-order valence-electron chi connectivity index (χ0n) is 15.8. The summed E-state index contributed by atoms with van der Waals surface area (Å²) in [6, 6.07) is 12.5. The molecule has 0 spiro atoms. The first-order valence-corrected chi connectivity index (χ1v) is 9.71. The van der Waals surface area contributed by atoms with Crippen LogP contribution in [-0.2, 0) is 5.75 Å². The van der Waals surface area contributed by atoms with Crippen molar-refractivity contribution in [2.45, 2.75) is 30.7 Å². The average molecular weight is 402 g/mol. The summed E-state index contributed by atoms with van der Waals surface area (Å²) >= 11 is 1.27. The van der Waals surface area contributed by atoms with Crippen LogP contribution >= 0.6 is 11.8 Å². The zero-order valence-corrected chi connectivity index (χ0v) is 16.6. The molecule has 4 nitrogen and oxygen atoms in total. The molecular weight excluding hydrogens is 382 g/mol. The summed E-state index contributed by atoms with van der Waals surface area (Å²) in [5, 5.41) is 0.466. The quantitative estimate of drug-likeness (QED) is 0.360. The van der Waals surface area contributed by atoms with Gasteiger partial charge in [-0.15, -0.1) is 0 Å². The SMILES string of the molecule is COc1cccc(Oc2cc(C(C)C)nc(SCc3ccc(F)cc3F)n2)c1. The molecule has 146 valence electrons. The van der Waals surface area contributed by atoms with Crippen LogP contribution in [0.4, 0.5) is 8.78 Å². The predicted octanol–water partition coefficient (Wildman–Crippen LogP) is 5.97. The molecule has 0 amide bonds. The first-order chi connectivity index (χ1) is 13.4. The van der Waals surface area contributed by atoms with Gasteiger partial charge in [0, 0.05) is 24.0 Å². The zero-order chi connectivity index (χ0) is 20.1. The molecule has 0 aliphatic carbocycles. The van der Waals surface area contributed by atoms with E-state index < -0.39 is 11.6 Å². The Labute approximate surface area is 166 Å². The van der Waals surface area contributed by atoms with Crippen LogP contribution in [0.3, 0.4) is 0 Å². The predicted molar refractivity (Wildman–Crippen MR) is 105 cm³/mol. The second-order valence-corrected chi connectivity index (χ2v) is 7.32. The highest BCUT2D eigenvalue weighted by molar-refractivity contribution is 7.98. The number of thioether (sulfide) groups is 1. The van der Waals surface area contributed by atoms with Crippen molar-refractivity contribution in [1.29, 1.82) is 0 Å². The molecule has 3 rings (SSSR count). The smallest absolute Gasteiger partial charge is 0.223 e. The van der Waals surface area contributed by atoms with Gasteiger partial charge in [-0.25, -0.2) is 13.8 Å². The molecule has 0 aliphatic heterocycles. The van der Waals surface area contributed by atoms with Crippen LogP contribution in [0.15, 0.2) is 53.7 Å². The maximum absolute atomic E-state index is 13.9. The Morgan fingerprint density at radius 1 is 1.00 bits per heavy atom. The normalized spacial score (nSPS) is 10.9. The number of ether oxygens (including phenoxy) is 2. The van der Waals surface area contributed by atoms with Crippen LogP contribution in [-0.4, -0.2) is 17.1 Å². The highest BCUT2D eigenvalue weighted by Crippen LogP contribution is 2.29. The molecule has 2 aromatic carbocycles. The van der Waals surface area contributed by atoms with Gasteiger partial charge in [0.05, 0.1) is 12.8 Å². The number of aromatic nitrogens is 2. The van der Waals surface area contributed by atoms with Crippen molar-refractivity contribution in [2.24, 2.45) is 0 Å². The summed E-state index contributed by atoms with van der Waals surface area (Å²) in [6.07, 6.45) is 0. The number of hydrogen-bond acceptors (Lipinski definition) is 5. The Balaban J connectivity index is 1.82. The van der Waals surface area contributed by atoms with Crippen molar-refractivity contribution < 1.29 is 18.3 Å². The standard InChI is InChI=1S/C21H20F2N2O2S/c1-13(2)19-11-20(27-17-6-4-5-16(10-17)26-3)25-21(24-19)28-12-14-7-8-15(22)9-18(14)23/h4-11,13H,12H2,1-3H3. The fourth-order valence-corrected chi connectivity index (χ4v) is 3.24. The van der Waals surface area contributed by atoms with E-state index in [1.807, 2.05) is 26.0 Å². The van der Waals surface area contributed by atoms with E-state index in [-0.39, 0.29) is 11.7 Å². The van der Waals surface area contributed by atoms with Gasteiger partial charge >= 0.3 is 0 Å². The maximum atomic E-state index is 13.9. The third-order valence-electron chi connectivity index (χ3n) is 3.93. The Morgan fingerprint density at radius 2 is 1.79 bits per heavy atom. The average Bonchev–Trinajstić information content (AvgIpc) is 2.67. The molecular formula is C21H20F2N2O2S. The second-order valence-electron chi connectivity index (χ2n) is 6.37. The Bertz CT molecular complexity index is 967. The molecule has 0 fully saturated rings. The molecule has 1 aromatic heterocycles. The van der Waals surface area contributed by atoms with Crippen LogP contribution in [0.1, 0.15) is 31.0 Å². The van der Waals surface area contributed by atoms with Crippen LogP contribution in [0.25, 0.3) is 0 Å². The number of benzene rings is 2. The Kier molecular flexibility index (Phi) is 6.46. The van der Waals surface area contributed by atoms with Crippen LogP contribution in [0, 0.1) is 11.6 Å². The van der Waals surface area contributed by atoms with E-state index in [9.17, 15) is 8.78 Å². The lowest BCUT2D eigenvalue weighted by atomic mass is 10.1. The molecule has 0 bridgehead atoms. The van der Waals surface area contributed by atoms with E-state index in [1.165, 1.54) is 23.9 Å². The van der Waals surface area contributed by atoms with Crippen molar-refractivity contribution in [2.75, 3.05) is 7.11 Å². The van der Waals surface area contributed by atoms with Gasteiger partial charge in [0.1, 0.15) is 23.1 Å². The largest absolute Gasteiger partial charge is 0.497 e. The van der Waals surface area contributed by atoms with E-state index >= 15 is 0 Å². The van der Waals surface area contributed by atoms with E-state index in [4.69, 9.17) is 9.47 Å². The van der Waals surface area contributed by atoms with Gasteiger partial charge in [0.25, 0.3) is 0 Å². The first kappa shape index (κ1) is 20.1. The highest BCUT2D eigenvalue weighted by Gasteiger charge is 2.12. The van der Waals surface area contributed by atoms with Crippen molar-refractivity contribution in [3.8, 4) is 17.4 Å². The van der Waals surface area contributed by atoms with E-state index in [2.05, 4.69) is 9.97 Å². The number of nitrogens with zero attached hydrogens (tertiary/aromatic N) is 2. The Hall–Kier alpha value is -2.67. The molecule has 0 atom stereocenters. The highest BCUT2D eigenvalue weighted by atomic mass is 32.2. The van der Waals surface area contributed by atoms with Gasteiger partial charge in [0.2, 0.25) is 5.88 Å². The van der Waals surface area contributed by atoms with Crippen LogP contribution < -0.4 is 9.47 Å². The second kappa shape index (κ2) is 9.01. The molecule has 0 N–H and O–H groups in total. The number of rotatable bonds is 7. The molecule has 0 radical (unpaired) electrons. The number of halogens is 2. The van der Waals surface area contributed by atoms with E-state index in [0.29, 0.717) is 28.1 Å². The van der Waals surface area contributed by atoms with Crippen molar-refractivity contribution >= 4 is 11.8 Å². The molecule has 0 aliphatic rings. The minimum absolute atomic E-state index is 0.164. The van der Waals surface area contributed by atoms with E-state index in [1.54, 1.807) is 25.3 Å². The molecule has 7 heteroatoms. The summed E-state index contributed by atoms with van der Waals surface area (Å²) in [5.41, 5.74) is 1.20. The van der Waals surface area contributed by atoms with Gasteiger partial charge in [-0.1, -0.05) is 37.7 Å². The third kappa shape index (κ3) is 5.19. The first-order valence-electron chi connectivity index (χ1n) is 8.72. The lowest BCUT2D eigenvalue weighted by Gasteiger charge is -2.11. The van der Waals surface area contributed by atoms with Gasteiger partial charge in [-0.05, 0) is 29.7 Å². The van der Waals surface area contributed by atoms with Gasteiger partial charge in [0.15, 0.2) is 5.16 Å². The molecule has 1 heterocycles. The monoisotopic (exact) mass is 402 g/mol. The molecule has 0 saturated carbocycles. The molecule has 0 saturated heterocycles. The third-order valence-corrected chi connectivity index (χ3v) is 4.83. The molecule has 0 unspecified atom stereocenters. The Morgan fingerprint density at radius 3 is 2.50 bits per heavy atom. The number of methoxy groups -OCH3 is 1. The lowest BCUT2D eigenvalue weighted by Crippen LogP contribution is -2.00. The van der Waals surface area contributed by atoms with Crippen LogP contribution in [0.2, 0.25) is 0 Å². The number of hydrogen-bond donors (Lipinski definition) is 0. The fraction of sp³-hybridized carbons (Fsp3) is 0.238. The lowest BCUT2D eigenvalue weighted by molar-refractivity contribution is 0.406. The summed E-state index contributed by atoms with van der Waals surface area (Å²) in [4.78, 5) is 8.94. The minimum atomic E-state index is -0.599. The maximum Gasteiger partial charge on any atom is 0.223 e. The van der Waals surface area contributed by atoms with E-state index in [0.717, 1.165) is 11.8 Å². The summed E-state index contributed by atoms with van der Waals surface area (Å²) in [6.45, 7) is 4.04. The van der Waals surface area contributed by atoms with Gasteiger partial charge in [-0.3, -0.25) is 0 Å². The summed E-state index contributed by atoms with van der Waals surface area (Å²) in [5.74, 6) is 0.933. The van der Waals surface area contributed by atoms with Crippen molar-refractivity contribution in [1.82, 2.24) is 9.97 Å². The van der Waals surface area contributed by atoms with Gasteiger partial charge in [-0.2, -0.15) is 4.98 Å². The van der Waals surface area contributed by atoms with Crippen molar-refractivity contribution in [3.05, 3.63) is 71.4 Å². The van der Waals surface area contributed by atoms with Gasteiger partial charge < -0.3 is 9.47 Å². The summed E-state index contributed by atoms with van der Waals surface area (Å²) in [7, 11) is 1.59. The fourth-order valence-electron chi connectivity index (χ4n) is 2.40. The molecule has 28 heavy (non-hydrogen) atoms. The molecule has 3 aromatic rings. The van der Waals surface area contributed by atoms with Crippen LogP contribution in [0.5, 0.6) is 17.4 Å². The topological polar surface area (TPSA) is 44.2 Å². The summed E-state index contributed by atoms with van der Waals surface area (Å²) < 4.78 is 38.0.